The second-order valence-corrected chi connectivity index (χ2v) is 10.3. The van der Waals surface area contributed by atoms with Crippen LogP contribution >= 0.6 is 22.9 Å². The highest BCUT2D eigenvalue weighted by Crippen LogP contribution is 2.34. The molecule has 9 heteroatoms. The van der Waals surface area contributed by atoms with Gasteiger partial charge in [-0.3, -0.25) is 9.59 Å². The first-order valence-electron chi connectivity index (χ1n) is 10.9. The average molecular weight is 517 g/mol. The zero-order valence-electron chi connectivity index (χ0n) is 19.3. The molecule has 2 amide bonds. The van der Waals surface area contributed by atoms with Crippen LogP contribution in [0.5, 0.6) is 0 Å². The van der Waals surface area contributed by atoms with Crippen molar-refractivity contribution in [2.75, 3.05) is 0 Å². The highest BCUT2D eigenvalue weighted by molar-refractivity contribution is 7.17. The molecule has 1 aromatic heterocycles. The number of rotatable bonds is 10. The number of aliphatic carboxylic acids is 1. The zero-order chi connectivity index (χ0) is 25.8. The maximum atomic E-state index is 13.8. The number of amides is 2. The third-order valence-corrected chi connectivity index (χ3v) is 7.04. The summed E-state index contributed by atoms with van der Waals surface area (Å²) in [5, 5.41) is 9.99. The Bertz CT molecular complexity index is 1230. The van der Waals surface area contributed by atoms with Crippen molar-refractivity contribution in [3.8, 4) is 10.4 Å². The Morgan fingerprint density at radius 3 is 2.40 bits per heavy atom. The van der Waals surface area contributed by atoms with Gasteiger partial charge >= 0.3 is 5.97 Å². The van der Waals surface area contributed by atoms with Crippen molar-refractivity contribution in [2.24, 2.45) is 5.73 Å². The number of carbonyl (C=O) groups is 3. The van der Waals surface area contributed by atoms with Crippen LogP contribution in [0.25, 0.3) is 10.4 Å². The number of carboxylic acids is 1. The van der Waals surface area contributed by atoms with E-state index in [0.29, 0.717) is 21.7 Å². The van der Waals surface area contributed by atoms with Crippen LogP contribution in [-0.4, -0.2) is 39.4 Å². The highest BCUT2D eigenvalue weighted by atomic mass is 35.5. The summed E-state index contributed by atoms with van der Waals surface area (Å²) in [5.41, 5.74) is 5.94. The van der Waals surface area contributed by atoms with Crippen LogP contribution in [0.15, 0.2) is 60.7 Å². The van der Waals surface area contributed by atoms with Crippen LogP contribution in [0.2, 0.25) is 5.02 Å². The van der Waals surface area contributed by atoms with Gasteiger partial charge in [0.25, 0.3) is 5.91 Å². The van der Waals surface area contributed by atoms with Crippen LogP contribution in [0, 0.1) is 5.82 Å². The summed E-state index contributed by atoms with van der Waals surface area (Å²) in [4.78, 5) is 39.9. The van der Waals surface area contributed by atoms with Crippen LogP contribution in [0.1, 0.15) is 41.9 Å². The van der Waals surface area contributed by atoms with E-state index < -0.39 is 35.2 Å². The molecule has 0 fully saturated rings. The first-order valence-corrected chi connectivity index (χ1v) is 12.1. The summed E-state index contributed by atoms with van der Waals surface area (Å²) in [6, 6.07) is 15.8. The van der Waals surface area contributed by atoms with Gasteiger partial charge in [-0.1, -0.05) is 48.0 Å². The van der Waals surface area contributed by atoms with Crippen molar-refractivity contribution in [3.63, 3.8) is 0 Å². The molecule has 35 heavy (non-hydrogen) atoms. The van der Waals surface area contributed by atoms with Crippen molar-refractivity contribution in [1.29, 1.82) is 0 Å². The van der Waals surface area contributed by atoms with Gasteiger partial charge in [-0.25, -0.2) is 9.18 Å². The summed E-state index contributed by atoms with van der Waals surface area (Å²) in [6.45, 7) is 3.60. The minimum Gasteiger partial charge on any atom is -0.480 e. The fourth-order valence-corrected chi connectivity index (χ4v) is 5.16. The van der Waals surface area contributed by atoms with Crippen LogP contribution in [0.3, 0.4) is 0 Å². The molecule has 0 unspecified atom stereocenters. The average Bonchev–Trinajstić information content (AvgIpc) is 3.28. The van der Waals surface area contributed by atoms with Crippen LogP contribution in [0.4, 0.5) is 4.39 Å². The monoisotopic (exact) mass is 516 g/mol. The van der Waals surface area contributed by atoms with Gasteiger partial charge in [0.2, 0.25) is 5.91 Å². The molecule has 3 aromatic rings. The molecule has 0 bridgehead atoms. The number of nitrogens with two attached hydrogens (primary N) is 1. The van der Waals surface area contributed by atoms with Crippen molar-refractivity contribution >= 4 is 40.7 Å². The van der Waals surface area contributed by atoms with E-state index in [-0.39, 0.29) is 17.9 Å². The van der Waals surface area contributed by atoms with Gasteiger partial charge in [0.1, 0.15) is 11.9 Å². The Balaban J connectivity index is 2.01. The van der Waals surface area contributed by atoms with Gasteiger partial charge < -0.3 is 15.7 Å². The first kappa shape index (κ1) is 26.4. The number of benzene rings is 2. The molecule has 0 aliphatic rings. The molecule has 0 radical (unpaired) electrons. The van der Waals surface area contributed by atoms with E-state index in [1.54, 1.807) is 32.0 Å². The molecule has 184 valence electrons. The van der Waals surface area contributed by atoms with Crippen molar-refractivity contribution in [2.45, 2.75) is 44.7 Å². The fourth-order valence-electron chi connectivity index (χ4n) is 4.04. The molecule has 0 spiro atoms. The standard InChI is InChI=1S/C26H26ClFN2O4S/c1-26(2,15-16-6-4-3-5-7-16)30(20(25(33)34)10-13-23(29)31)24(32)22-12-11-21(35-22)17-8-9-19(28)18(27)14-17/h3-9,11-12,14,20H,10,13,15H2,1-2H3,(H2,29,31)(H,33,34)/t20-/m0/s1. The highest BCUT2D eigenvalue weighted by Gasteiger charge is 2.41. The van der Waals surface area contributed by atoms with Gasteiger partial charge in [-0.15, -0.1) is 11.3 Å². The van der Waals surface area contributed by atoms with Crippen molar-refractivity contribution in [1.82, 2.24) is 4.90 Å². The minimum absolute atomic E-state index is 0.0354. The van der Waals surface area contributed by atoms with Crippen LogP contribution in [-0.2, 0) is 16.0 Å². The Morgan fingerprint density at radius 1 is 1.11 bits per heavy atom. The fraction of sp³-hybridized carbons (Fsp3) is 0.269. The van der Waals surface area contributed by atoms with E-state index in [2.05, 4.69) is 0 Å². The molecule has 1 atom stereocenters. The Kier molecular flexibility index (Phi) is 8.30. The summed E-state index contributed by atoms with van der Waals surface area (Å²) in [6.07, 6.45) is 0.109. The molecule has 0 saturated heterocycles. The topological polar surface area (TPSA) is 101 Å². The van der Waals surface area contributed by atoms with Crippen molar-refractivity contribution in [3.05, 3.63) is 81.9 Å². The van der Waals surface area contributed by atoms with Crippen molar-refractivity contribution < 1.29 is 23.9 Å². The number of nitrogens with zero attached hydrogens (tertiary/aromatic N) is 1. The molecule has 3 N–H and O–H groups in total. The SMILES string of the molecule is CC(C)(Cc1ccccc1)N(C(=O)c1ccc(-c2ccc(F)c(Cl)c2)s1)[C@@H](CCC(N)=O)C(=O)O. The second-order valence-electron chi connectivity index (χ2n) is 8.80. The number of primary amides is 1. The minimum atomic E-state index is -1.26. The normalized spacial score (nSPS) is 12.2. The predicted octanol–water partition coefficient (Wildman–Crippen LogP) is 5.39. The lowest BCUT2D eigenvalue weighted by molar-refractivity contribution is -0.144. The number of halogens is 2. The quantitative estimate of drug-likeness (QED) is 0.377. The Morgan fingerprint density at radius 2 is 1.80 bits per heavy atom. The van der Waals surface area contributed by atoms with Gasteiger partial charge in [-0.05, 0) is 62.1 Å². The summed E-state index contributed by atoms with van der Waals surface area (Å²) in [5.74, 6) is -2.89. The zero-order valence-corrected chi connectivity index (χ0v) is 20.9. The van der Waals surface area contributed by atoms with Gasteiger partial charge in [0, 0.05) is 16.8 Å². The smallest absolute Gasteiger partial charge is 0.326 e. The van der Waals surface area contributed by atoms with Gasteiger partial charge in [-0.2, -0.15) is 0 Å². The van der Waals surface area contributed by atoms with E-state index >= 15 is 0 Å². The number of carboxylic acid groups (broad SMARTS) is 1. The largest absolute Gasteiger partial charge is 0.480 e. The van der Waals surface area contributed by atoms with E-state index in [4.69, 9.17) is 17.3 Å². The maximum Gasteiger partial charge on any atom is 0.326 e. The Hall–Kier alpha value is -3.23. The third-order valence-electron chi connectivity index (χ3n) is 5.63. The molecular weight excluding hydrogens is 491 g/mol. The molecular formula is C26H26ClFN2O4S. The molecule has 1 heterocycles. The first-order chi connectivity index (χ1) is 16.5. The lowest BCUT2D eigenvalue weighted by Gasteiger charge is -2.42. The second kappa shape index (κ2) is 11.0. The molecule has 6 nitrogen and oxygen atoms in total. The van der Waals surface area contributed by atoms with Gasteiger partial charge in [0.05, 0.1) is 9.90 Å². The molecule has 2 aromatic carbocycles. The third kappa shape index (κ3) is 6.46. The van der Waals surface area contributed by atoms with E-state index in [0.717, 1.165) is 16.9 Å². The number of hydrogen-bond donors (Lipinski definition) is 2. The molecule has 0 aliphatic carbocycles. The van der Waals surface area contributed by atoms with Crippen LogP contribution < -0.4 is 5.73 Å². The maximum absolute atomic E-state index is 13.8. The lowest BCUT2D eigenvalue weighted by atomic mass is 9.90. The summed E-state index contributed by atoms with van der Waals surface area (Å²) in [7, 11) is 0. The predicted molar refractivity (Wildman–Crippen MR) is 135 cm³/mol. The Labute approximate surface area is 212 Å². The van der Waals surface area contributed by atoms with E-state index in [9.17, 15) is 23.9 Å². The van der Waals surface area contributed by atoms with E-state index in [1.807, 2.05) is 30.3 Å². The molecule has 3 rings (SSSR count). The number of hydrogen-bond acceptors (Lipinski definition) is 4. The summed E-state index contributed by atoms with van der Waals surface area (Å²) < 4.78 is 13.6. The van der Waals surface area contributed by atoms with E-state index in [1.165, 1.54) is 17.0 Å². The number of thiophene rings is 1. The number of carbonyl (C=O) groups excluding carboxylic acids is 2. The molecule has 0 saturated carbocycles. The molecule has 0 aliphatic heterocycles. The van der Waals surface area contributed by atoms with Gasteiger partial charge in [0.15, 0.2) is 0 Å². The summed E-state index contributed by atoms with van der Waals surface area (Å²) >= 11 is 7.06. The lowest BCUT2D eigenvalue weighted by Crippen LogP contribution is -2.57.